The van der Waals surface area contributed by atoms with Crippen molar-refractivity contribution >= 4 is 5.91 Å². The summed E-state index contributed by atoms with van der Waals surface area (Å²) in [6.07, 6.45) is 0.383. The van der Waals surface area contributed by atoms with Gasteiger partial charge in [-0.05, 0) is 37.1 Å². The van der Waals surface area contributed by atoms with Gasteiger partial charge in [0.25, 0.3) is 0 Å². The molecule has 4 nitrogen and oxygen atoms in total. The molecule has 0 spiro atoms. The summed E-state index contributed by atoms with van der Waals surface area (Å²) in [6.45, 7) is 4.89. The molecule has 0 aliphatic rings. The van der Waals surface area contributed by atoms with Crippen molar-refractivity contribution < 1.29 is 14.3 Å². The van der Waals surface area contributed by atoms with Crippen molar-refractivity contribution in [3.63, 3.8) is 0 Å². The maximum atomic E-state index is 11.9. The lowest BCUT2D eigenvalue weighted by atomic mass is 10.1. The van der Waals surface area contributed by atoms with E-state index in [1.807, 2.05) is 56.3 Å². The van der Waals surface area contributed by atoms with Crippen molar-refractivity contribution in [1.82, 2.24) is 5.32 Å². The Bertz CT molecular complexity index is 650. The quantitative estimate of drug-likeness (QED) is 0.799. The molecule has 0 aliphatic carbocycles. The van der Waals surface area contributed by atoms with Crippen LogP contribution < -0.4 is 14.8 Å². The summed E-state index contributed by atoms with van der Waals surface area (Å²) in [5, 5.41) is 2.86. The van der Waals surface area contributed by atoms with Crippen LogP contribution in [0.25, 0.3) is 0 Å². The smallest absolute Gasteiger partial charge is 0.224 e. The molecular formula is C19H23NO3. The van der Waals surface area contributed by atoms with E-state index in [4.69, 9.17) is 9.47 Å². The predicted octanol–water partition coefficient (Wildman–Crippen LogP) is 3.05. The maximum absolute atomic E-state index is 11.9. The highest BCUT2D eigenvalue weighted by molar-refractivity contribution is 5.78. The Hall–Kier alpha value is -2.49. The van der Waals surface area contributed by atoms with E-state index >= 15 is 0 Å². The van der Waals surface area contributed by atoms with Crippen LogP contribution >= 0.6 is 0 Å². The van der Waals surface area contributed by atoms with Gasteiger partial charge in [-0.3, -0.25) is 4.79 Å². The number of hydrogen-bond acceptors (Lipinski definition) is 3. The summed E-state index contributed by atoms with van der Waals surface area (Å²) < 4.78 is 10.9. The Balaban J connectivity index is 1.74. The molecule has 2 aromatic rings. The molecule has 1 N–H and O–H groups in total. The monoisotopic (exact) mass is 313 g/mol. The number of aryl methyl sites for hydroxylation is 2. The molecule has 0 bridgehead atoms. The minimum Gasteiger partial charge on any atom is -0.493 e. The zero-order valence-corrected chi connectivity index (χ0v) is 13.9. The van der Waals surface area contributed by atoms with E-state index in [0.29, 0.717) is 31.1 Å². The molecule has 2 aromatic carbocycles. The van der Waals surface area contributed by atoms with E-state index < -0.39 is 0 Å². The third-order valence-corrected chi connectivity index (χ3v) is 3.49. The molecule has 122 valence electrons. The summed E-state index contributed by atoms with van der Waals surface area (Å²) in [5.41, 5.74) is 3.31. The van der Waals surface area contributed by atoms with Gasteiger partial charge in [-0.15, -0.1) is 0 Å². The Morgan fingerprint density at radius 1 is 1.00 bits per heavy atom. The summed E-state index contributed by atoms with van der Waals surface area (Å²) in [7, 11) is 1.62. The highest BCUT2D eigenvalue weighted by Gasteiger charge is 2.05. The van der Waals surface area contributed by atoms with Gasteiger partial charge in [0.15, 0.2) is 11.5 Å². The molecule has 0 aliphatic heterocycles. The first kappa shape index (κ1) is 16.9. The molecule has 0 fully saturated rings. The van der Waals surface area contributed by atoms with Crippen molar-refractivity contribution in [3.8, 4) is 11.5 Å². The first-order valence-corrected chi connectivity index (χ1v) is 7.68. The molecule has 1 amide bonds. The summed E-state index contributed by atoms with van der Waals surface area (Å²) in [5.74, 6) is 1.38. The summed E-state index contributed by atoms with van der Waals surface area (Å²) in [6, 6.07) is 13.7. The first-order valence-electron chi connectivity index (χ1n) is 7.68. The summed E-state index contributed by atoms with van der Waals surface area (Å²) in [4.78, 5) is 11.9. The van der Waals surface area contributed by atoms with E-state index in [0.717, 1.165) is 11.1 Å². The maximum Gasteiger partial charge on any atom is 0.224 e. The van der Waals surface area contributed by atoms with Crippen molar-refractivity contribution in [2.24, 2.45) is 0 Å². The zero-order valence-electron chi connectivity index (χ0n) is 13.9. The van der Waals surface area contributed by atoms with Gasteiger partial charge in [0.1, 0.15) is 6.61 Å². The van der Waals surface area contributed by atoms with E-state index in [1.165, 1.54) is 5.56 Å². The zero-order chi connectivity index (χ0) is 16.7. The van der Waals surface area contributed by atoms with Gasteiger partial charge >= 0.3 is 0 Å². The van der Waals surface area contributed by atoms with E-state index in [9.17, 15) is 4.79 Å². The molecule has 4 heteroatoms. The molecule has 0 saturated carbocycles. The van der Waals surface area contributed by atoms with Gasteiger partial charge in [-0.25, -0.2) is 0 Å². The second-order valence-corrected chi connectivity index (χ2v) is 5.52. The van der Waals surface area contributed by atoms with Crippen LogP contribution in [0.15, 0.2) is 42.5 Å². The van der Waals surface area contributed by atoms with E-state index in [-0.39, 0.29) is 5.91 Å². The predicted molar refractivity (Wildman–Crippen MR) is 91.1 cm³/mol. The topological polar surface area (TPSA) is 47.6 Å². The fraction of sp³-hybridized carbons (Fsp3) is 0.316. The van der Waals surface area contributed by atoms with Crippen molar-refractivity contribution in [2.75, 3.05) is 20.3 Å². The molecule has 0 saturated heterocycles. The number of nitrogens with one attached hydrogen (secondary N) is 1. The number of methoxy groups -OCH3 is 1. The first-order chi connectivity index (χ1) is 11.1. The van der Waals surface area contributed by atoms with Crippen LogP contribution in [-0.2, 0) is 11.2 Å². The lowest BCUT2D eigenvalue weighted by Crippen LogP contribution is -2.29. The van der Waals surface area contributed by atoms with Crippen molar-refractivity contribution in [1.29, 1.82) is 0 Å². The van der Waals surface area contributed by atoms with Crippen LogP contribution in [-0.4, -0.2) is 26.2 Å². The van der Waals surface area contributed by atoms with Crippen LogP contribution in [0.4, 0.5) is 0 Å². The van der Waals surface area contributed by atoms with Crippen LogP contribution in [0.3, 0.4) is 0 Å². The van der Waals surface area contributed by atoms with Gasteiger partial charge in [0.2, 0.25) is 5.91 Å². The molecular weight excluding hydrogens is 290 g/mol. The largest absolute Gasteiger partial charge is 0.493 e. The van der Waals surface area contributed by atoms with Crippen molar-refractivity contribution in [3.05, 3.63) is 59.2 Å². The van der Waals surface area contributed by atoms with Crippen LogP contribution in [0.5, 0.6) is 11.5 Å². The van der Waals surface area contributed by atoms with Crippen LogP contribution in [0, 0.1) is 13.8 Å². The normalized spacial score (nSPS) is 10.2. The number of carbonyl (C=O) groups excluding carboxylic acids is 1. The van der Waals surface area contributed by atoms with Gasteiger partial charge in [0.05, 0.1) is 20.1 Å². The fourth-order valence-electron chi connectivity index (χ4n) is 2.20. The molecule has 0 unspecified atom stereocenters. The number of amides is 1. The molecule has 0 atom stereocenters. The average molecular weight is 313 g/mol. The number of ether oxygens (including phenoxy) is 2. The minimum absolute atomic E-state index is 0.00618. The third kappa shape index (κ3) is 5.33. The Labute approximate surface area is 137 Å². The second kappa shape index (κ2) is 8.22. The SMILES string of the molecule is COc1cc(C)ccc1OCCNC(=O)Cc1ccc(C)cc1. The van der Waals surface area contributed by atoms with Gasteiger partial charge in [0, 0.05) is 0 Å². The van der Waals surface area contributed by atoms with E-state index in [2.05, 4.69) is 5.32 Å². The van der Waals surface area contributed by atoms with Crippen LogP contribution in [0.2, 0.25) is 0 Å². The molecule has 23 heavy (non-hydrogen) atoms. The number of rotatable bonds is 7. The van der Waals surface area contributed by atoms with Crippen LogP contribution in [0.1, 0.15) is 16.7 Å². The van der Waals surface area contributed by atoms with Gasteiger partial charge < -0.3 is 14.8 Å². The standard InChI is InChI=1S/C19H23NO3/c1-14-4-7-16(8-5-14)13-19(21)20-10-11-23-17-9-6-15(2)12-18(17)22-3/h4-9,12H,10-11,13H2,1-3H3,(H,20,21). The average Bonchev–Trinajstić information content (AvgIpc) is 2.54. The highest BCUT2D eigenvalue weighted by Crippen LogP contribution is 2.27. The Kier molecular flexibility index (Phi) is 6.03. The van der Waals surface area contributed by atoms with E-state index in [1.54, 1.807) is 7.11 Å². The summed E-state index contributed by atoms with van der Waals surface area (Å²) >= 11 is 0. The Morgan fingerprint density at radius 2 is 1.70 bits per heavy atom. The minimum atomic E-state index is -0.00618. The van der Waals surface area contributed by atoms with Gasteiger partial charge in [-0.1, -0.05) is 35.9 Å². The Morgan fingerprint density at radius 3 is 2.39 bits per heavy atom. The number of carbonyl (C=O) groups is 1. The van der Waals surface area contributed by atoms with Crippen molar-refractivity contribution in [2.45, 2.75) is 20.3 Å². The fourth-order valence-corrected chi connectivity index (χ4v) is 2.20. The lowest BCUT2D eigenvalue weighted by molar-refractivity contribution is -0.120. The molecule has 2 rings (SSSR count). The molecule has 0 aromatic heterocycles. The van der Waals surface area contributed by atoms with Gasteiger partial charge in [-0.2, -0.15) is 0 Å². The number of benzene rings is 2. The molecule has 0 heterocycles. The third-order valence-electron chi connectivity index (χ3n) is 3.49. The highest BCUT2D eigenvalue weighted by atomic mass is 16.5. The number of hydrogen-bond donors (Lipinski definition) is 1. The second-order valence-electron chi connectivity index (χ2n) is 5.52. The molecule has 0 radical (unpaired) electrons. The lowest BCUT2D eigenvalue weighted by Gasteiger charge is -2.12.